The van der Waals surface area contributed by atoms with E-state index >= 15 is 0 Å². The molecule has 2 aliphatic rings. The van der Waals surface area contributed by atoms with Crippen molar-refractivity contribution < 1.29 is 9.59 Å². The minimum Gasteiger partial charge on any atom is -0.339 e. The summed E-state index contributed by atoms with van der Waals surface area (Å²) in [5.74, 6) is 1.82. The molecule has 2 fully saturated rings. The van der Waals surface area contributed by atoms with E-state index in [1.165, 1.54) is 0 Å². The van der Waals surface area contributed by atoms with Crippen molar-refractivity contribution >= 4 is 29.3 Å². The van der Waals surface area contributed by atoms with Crippen LogP contribution in [0.5, 0.6) is 0 Å². The highest BCUT2D eigenvalue weighted by molar-refractivity contribution is 7.98. The number of aromatic amines is 1. The Hall–Kier alpha value is -3.07. The lowest BCUT2D eigenvalue weighted by atomic mass is 9.88. The van der Waals surface area contributed by atoms with Gasteiger partial charge in [-0.15, -0.1) is 0 Å². The average Bonchev–Trinajstić information content (AvgIpc) is 3.82. The van der Waals surface area contributed by atoms with Crippen molar-refractivity contribution in [3.63, 3.8) is 0 Å². The third-order valence-corrected chi connectivity index (χ3v) is 8.22. The van der Waals surface area contributed by atoms with E-state index in [4.69, 9.17) is 0 Å². The number of anilines is 1. The molecule has 3 aromatic rings. The first-order valence-electron chi connectivity index (χ1n) is 13.2. The van der Waals surface area contributed by atoms with Gasteiger partial charge in [-0.2, -0.15) is 22.0 Å². The minimum atomic E-state index is -0.569. The number of amides is 2. The summed E-state index contributed by atoms with van der Waals surface area (Å²) < 4.78 is 1.75. The number of hydrogen-bond donors (Lipinski definition) is 3. The Morgan fingerprint density at radius 2 is 1.81 bits per heavy atom. The molecule has 9 heteroatoms. The number of hydrogen-bond acceptors (Lipinski definition) is 5. The van der Waals surface area contributed by atoms with Crippen LogP contribution in [0, 0.1) is 31.6 Å². The van der Waals surface area contributed by atoms with Crippen LogP contribution in [0.1, 0.15) is 54.0 Å². The summed E-state index contributed by atoms with van der Waals surface area (Å²) in [4.78, 5) is 27.1. The summed E-state index contributed by atoms with van der Waals surface area (Å²) in [6.07, 6.45) is 9.19. The van der Waals surface area contributed by atoms with Gasteiger partial charge in [0.25, 0.3) is 5.91 Å². The number of nitrogens with zero attached hydrogens (tertiary/aromatic N) is 3. The molecule has 2 saturated carbocycles. The van der Waals surface area contributed by atoms with Gasteiger partial charge < -0.3 is 10.6 Å². The molecular formula is C28H36N6O2S. The Balaban J connectivity index is 1.32. The molecule has 1 aromatic carbocycles. The van der Waals surface area contributed by atoms with Gasteiger partial charge in [-0.1, -0.05) is 12.1 Å². The van der Waals surface area contributed by atoms with Crippen LogP contribution in [0.3, 0.4) is 0 Å². The van der Waals surface area contributed by atoms with Crippen LogP contribution in [0.4, 0.5) is 5.69 Å². The number of thioether (sulfide) groups is 1. The molecule has 0 saturated heterocycles. The Morgan fingerprint density at radius 3 is 2.41 bits per heavy atom. The maximum absolute atomic E-state index is 13.7. The predicted octanol–water partition coefficient (Wildman–Crippen LogP) is 4.82. The minimum absolute atomic E-state index is 0.144. The topological polar surface area (TPSA) is 105 Å². The molecular weight excluding hydrogens is 484 g/mol. The van der Waals surface area contributed by atoms with E-state index in [0.717, 1.165) is 66.1 Å². The molecule has 0 unspecified atom stereocenters. The normalized spacial score (nSPS) is 16.1. The third-order valence-electron chi connectivity index (χ3n) is 7.52. The first-order chi connectivity index (χ1) is 18.0. The Labute approximate surface area is 222 Å². The number of carbonyl (C=O) groups excluding carboxylic acids is 2. The fourth-order valence-corrected chi connectivity index (χ4v) is 5.84. The van der Waals surface area contributed by atoms with Crippen LogP contribution in [-0.4, -0.2) is 49.8 Å². The largest absolute Gasteiger partial charge is 0.339 e. The molecule has 196 valence electrons. The number of benzene rings is 1. The summed E-state index contributed by atoms with van der Waals surface area (Å²) >= 11 is 1.78. The van der Waals surface area contributed by atoms with E-state index in [2.05, 4.69) is 32.2 Å². The highest BCUT2D eigenvalue weighted by Crippen LogP contribution is 2.51. The molecule has 8 nitrogen and oxygen atoms in total. The van der Waals surface area contributed by atoms with Crippen LogP contribution >= 0.6 is 11.8 Å². The van der Waals surface area contributed by atoms with Crippen molar-refractivity contribution in [1.82, 2.24) is 25.3 Å². The predicted molar refractivity (Wildman–Crippen MR) is 148 cm³/mol. The lowest BCUT2D eigenvalue weighted by Crippen LogP contribution is -2.50. The lowest BCUT2D eigenvalue weighted by molar-refractivity contribution is -0.119. The SMILES string of the molecule is CSCCCn1nccc1C(=O)N[C@H](C(=O)Nc1ccc(-c2c(C)n[nH]c2C)cc1)C(C1CC1)C1CC1. The first-order valence-corrected chi connectivity index (χ1v) is 14.6. The summed E-state index contributed by atoms with van der Waals surface area (Å²) in [5.41, 5.74) is 5.33. The van der Waals surface area contributed by atoms with Gasteiger partial charge in [0.05, 0.1) is 5.69 Å². The molecule has 0 aliphatic heterocycles. The lowest BCUT2D eigenvalue weighted by Gasteiger charge is -2.27. The van der Waals surface area contributed by atoms with E-state index in [0.29, 0.717) is 24.1 Å². The summed E-state index contributed by atoms with van der Waals surface area (Å²) in [6, 6.07) is 9.01. The zero-order chi connectivity index (χ0) is 25.9. The van der Waals surface area contributed by atoms with Crippen LogP contribution in [0.2, 0.25) is 0 Å². The highest BCUT2D eigenvalue weighted by Gasteiger charge is 2.48. The Kier molecular flexibility index (Phi) is 7.69. The Morgan fingerprint density at radius 1 is 1.11 bits per heavy atom. The van der Waals surface area contributed by atoms with Crippen LogP contribution in [-0.2, 0) is 11.3 Å². The second kappa shape index (κ2) is 11.1. The maximum atomic E-state index is 13.7. The molecule has 2 aromatic heterocycles. The highest BCUT2D eigenvalue weighted by atomic mass is 32.2. The van der Waals surface area contributed by atoms with Crippen LogP contribution in [0.25, 0.3) is 11.1 Å². The number of rotatable bonds is 12. The second-order valence-electron chi connectivity index (χ2n) is 10.4. The van der Waals surface area contributed by atoms with Crippen molar-refractivity contribution in [1.29, 1.82) is 0 Å². The fraction of sp³-hybridized carbons (Fsp3) is 0.500. The van der Waals surface area contributed by atoms with Crippen molar-refractivity contribution in [2.24, 2.45) is 17.8 Å². The molecule has 2 aliphatic carbocycles. The van der Waals surface area contributed by atoms with Gasteiger partial charge in [0.15, 0.2) is 0 Å². The first kappa shape index (κ1) is 25.6. The van der Waals surface area contributed by atoms with Crippen LogP contribution in [0.15, 0.2) is 36.5 Å². The van der Waals surface area contributed by atoms with Gasteiger partial charge in [0, 0.05) is 29.7 Å². The van der Waals surface area contributed by atoms with E-state index in [-0.39, 0.29) is 17.7 Å². The maximum Gasteiger partial charge on any atom is 0.270 e. The smallest absolute Gasteiger partial charge is 0.270 e. The average molecular weight is 521 g/mol. The monoisotopic (exact) mass is 520 g/mol. The number of nitrogens with one attached hydrogen (secondary N) is 3. The molecule has 37 heavy (non-hydrogen) atoms. The van der Waals surface area contributed by atoms with E-state index in [1.807, 2.05) is 38.1 Å². The standard InChI is InChI=1S/C28H36N6O2S/c1-17-24(18(2)33-32-17)19-9-11-22(12-10-19)30-28(36)26(25(20-5-6-20)21-7-8-21)31-27(35)23-13-14-29-34(23)15-4-16-37-3/h9-14,20-21,25-26H,4-8,15-16H2,1-3H3,(H,30,36)(H,31,35)(H,32,33)/t26-/m0/s1. The van der Waals surface area contributed by atoms with Gasteiger partial charge in [-0.25, -0.2) is 0 Å². The van der Waals surface area contributed by atoms with E-state index in [9.17, 15) is 9.59 Å². The quantitative estimate of drug-likeness (QED) is 0.297. The van der Waals surface area contributed by atoms with Crippen molar-refractivity contribution in [2.45, 2.75) is 58.5 Å². The van der Waals surface area contributed by atoms with Crippen molar-refractivity contribution in [3.8, 4) is 11.1 Å². The number of aryl methyl sites for hydroxylation is 3. The molecule has 2 amide bonds. The number of aromatic nitrogens is 4. The van der Waals surface area contributed by atoms with Gasteiger partial charge in [0.1, 0.15) is 11.7 Å². The summed E-state index contributed by atoms with van der Waals surface area (Å²) in [6.45, 7) is 4.67. The van der Waals surface area contributed by atoms with Gasteiger partial charge in [0.2, 0.25) is 5.91 Å². The van der Waals surface area contributed by atoms with Crippen molar-refractivity contribution in [2.75, 3.05) is 17.3 Å². The summed E-state index contributed by atoms with van der Waals surface area (Å²) in [7, 11) is 0. The molecule has 1 atom stereocenters. The molecule has 0 spiro atoms. The molecule has 0 radical (unpaired) electrons. The van der Waals surface area contributed by atoms with Gasteiger partial charge >= 0.3 is 0 Å². The van der Waals surface area contributed by atoms with E-state index in [1.54, 1.807) is 28.7 Å². The third kappa shape index (κ3) is 5.92. The van der Waals surface area contributed by atoms with Gasteiger partial charge in [-0.3, -0.25) is 19.4 Å². The number of H-pyrrole nitrogens is 1. The van der Waals surface area contributed by atoms with Gasteiger partial charge in [-0.05, 0) is 99.5 Å². The molecule has 3 N–H and O–H groups in total. The van der Waals surface area contributed by atoms with E-state index < -0.39 is 6.04 Å². The molecule has 0 bridgehead atoms. The summed E-state index contributed by atoms with van der Waals surface area (Å²) in [5, 5.41) is 17.9. The zero-order valence-electron chi connectivity index (χ0n) is 21.8. The molecule has 5 rings (SSSR count). The second-order valence-corrected chi connectivity index (χ2v) is 11.4. The fourth-order valence-electron chi connectivity index (χ4n) is 5.42. The molecule has 2 heterocycles. The Bertz CT molecular complexity index is 1210. The number of carbonyl (C=O) groups is 2. The zero-order valence-corrected chi connectivity index (χ0v) is 22.6. The van der Waals surface area contributed by atoms with Crippen molar-refractivity contribution in [3.05, 3.63) is 53.6 Å². The van der Waals surface area contributed by atoms with Crippen LogP contribution < -0.4 is 10.6 Å².